The molecule has 0 bridgehead atoms. The largest absolute Gasteiger partial charge is 0.481 e. The van der Waals surface area contributed by atoms with Crippen molar-refractivity contribution in [2.45, 2.75) is 52.4 Å². The van der Waals surface area contributed by atoms with Gasteiger partial charge in [0, 0.05) is 5.92 Å². The normalized spacial score (nSPS) is 22.3. The van der Waals surface area contributed by atoms with E-state index < -0.39 is 5.97 Å². The first kappa shape index (κ1) is 17.6. The van der Waals surface area contributed by atoms with E-state index in [4.69, 9.17) is 9.84 Å². The molecule has 0 spiro atoms. The summed E-state index contributed by atoms with van der Waals surface area (Å²) in [6.07, 6.45) is 5.42. The molecule has 0 heterocycles. The van der Waals surface area contributed by atoms with Gasteiger partial charge in [-0.2, -0.15) is 0 Å². The third-order valence-corrected chi connectivity index (χ3v) is 4.99. The predicted molar refractivity (Wildman–Crippen MR) is 92.5 cm³/mol. The topological polar surface area (TPSA) is 46.5 Å². The molecule has 1 N–H and O–H groups in total. The maximum Gasteiger partial charge on any atom is 0.306 e. The number of ether oxygens (including phenoxy) is 1. The Bertz CT molecular complexity index is 524. The lowest BCUT2D eigenvalue weighted by atomic mass is 9.81. The third kappa shape index (κ3) is 5.12. The zero-order chi connectivity index (χ0) is 16.8. The van der Waals surface area contributed by atoms with Crippen molar-refractivity contribution in [2.24, 2.45) is 17.8 Å². The van der Waals surface area contributed by atoms with Crippen molar-refractivity contribution in [2.75, 3.05) is 0 Å². The first-order chi connectivity index (χ1) is 11.0. The summed E-state index contributed by atoms with van der Waals surface area (Å²) in [7, 11) is 0. The van der Waals surface area contributed by atoms with E-state index in [1.807, 2.05) is 12.1 Å². The van der Waals surface area contributed by atoms with E-state index in [2.05, 4.69) is 32.6 Å². The molecule has 1 saturated carbocycles. The van der Waals surface area contributed by atoms with Gasteiger partial charge < -0.3 is 9.84 Å². The minimum Gasteiger partial charge on any atom is -0.481 e. The number of carbonyl (C=O) groups is 1. The Balaban J connectivity index is 1.85. The Morgan fingerprint density at radius 3 is 2.30 bits per heavy atom. The molecule has 0 aliphatic heterocycles. The molecule has 1 fully saturated rings. The minimum absolute atomic E-state index is 0.195. The Kier molecular flexibility index (Phi) is 6.26. The van der Waals surface area contributed by atoms with Gasteiger partial charge in [-0.1, -0.05) is 39.0 Å². The standard InChI is InChI=1S/C20H28O3/c1-4-14(2)13-16-5-11-19(12-6-16)23-15(3)17-7-9-18(10-8-17)20(21)22/h5-6,11-12,14,17-18H,3-4,7-10,13H2,1-2H3,(H,21,22). The number of hydrogen-bond acceptors (Lipinski definition) is 2. The van der Waals surface area contributed by atoms with Gasteiger partial charge in [-0.3, -0.25) is 4.79 Å². The number of carboxylic acid groups (broad SMARTS) is 1. The van der Waals surface area contributed by atoms with Crippen LogP contribution >= 0.6 is 0 Å². The van der Waals surface area contributed by atoms with Crippen LogP contribution in [0.3, 0.4) is 0 Å². The number of hydrogen-bond donors (Lipinski definition) is 1. The number of rotatable bonds is 7. The number of allylic oxidation sites excluding steroid dienone is 1. The van der Waals surface area contributed by atoms with E-state index in [1.54, 1.807) is 0 Å². The van der Waals surface area contributed by atoms with Gasteiger partial charge in [0.2, 0.25) is 0 Å². The monoisotopic (exact) mass is 316 g/mol. The highest BCUT2D eigenvalue weighted by Gasteiger charge is 2.28. The molecule has 1 atom stereocenters. The van der Waals surface area contributed by atoms with E-state index in [0.717, 1.165) is 43.6 Å². The highest BCUT2D eigenvalue weighted by Crippen LogP contribution is 2.33. The Hall–Kier alpha value is -1.77. The lowest BCUT2D eigenvalue weighted by Gasteiger charge is -2.27. The summed E-state index contributed by atoms with van der Waals surface area (Å²) >= 11 is 0. The Labute approximate surface area is 139 Å². The summed E-state index contributed by atoms with van der Waals surface area (Å²) in [5, 5.41) is 9.05. The van der Waals surface area contributed by atoms with Gasteiger partial charge >= 0.3 is 5.97 Å². The minimum atomic E-state index is -0.674. The lowest BCUT2D eigenvalue weighted by molar-refractivity contribution is -0.143. The fraction of sp³-hybridized carbons (Fsp3) is 0.550. The van der Waals surface area contributed by atoms with Crippen molar-refractivity contribution in [3.05, 3.63) is 42.2 Å². The molecule has 126 valence electrons. The molecule has 0 aromatic heterocycles. The number of aliphatic carboxylic acids is 1. The second-order valence-corrected chi connectivity index (χ2v) is 6.82. The second-order valence-electron chi connectivity index (χ2n) is 6.82. The Morgan fingerprint density at radius 2 is 1.78 bits per heavy atom. The second kappa shape index (κ2) is 8.19. The first-order valence-electron chi connectivity index (χ1n) is 8.68. The van der Waals surface area contributed by atoms with Gasteiger partial charge in [0.25, 0.3) is 0 Å². The van der Waals surface area contributed by atoms with E-state index in [-0.39, 0.29) is 11.8 Å². The first-order valence-corrected chi connectivity index (χ1v) is 8.68. The molecule has 1 aliphatic carbocycles. The lowest BCUT2D eigenvalue weighted by Crippen LogP contribution is -2.23. The molecule has 0 radical (unpaired) electrons. The highest BCUT2D eigenvalue weighted by atomic mass is 16.5. The quantitative estimate of drug-likeness (QED) is 0.715. The van der Waals surface area contributed by atoms with Crippen LogP contribution in [0.4, 0.5) is 0 Å². The highest BCUT2D eigenvalue weighted by molar-refractivity contribution is 5.70. The van der Waals surface area contributed by atoms with E-state index in [1.165, 1.54) is 12.0 Å². The van der Waals surface area contributed by atoms with Gasteiger partial charge in [-0.05, 0) is 55.7 Å². The van der Waals surface area contributed by atoms with Gasteiger partial charge in [-0.25, -0.2) is 0 Å². The van der Waals surface area contributed by atoms with Crippen molar-refractivity contribution >= 4 is 5.97 Å². The molecule has 23 heavy (non-hydrogen) atoms. The average molecular weight is 316 g/mol. The molecule has 1 aliphatic rings. The van der Waals surface area contributed by atoms with Crippen LogP contribution in [0.5, 0.6) is 5.75 Å². The fourth-order valence-corrected chi connectivity index (χ4v) is 3.14. The zero-order valence-electron chi connectivity index (χ0n) is 14.3. The van der Waals surface area contributed by atoms with Gasteiger partial charge in [-0.15, -0.1) is 0 Å². The van der Waals surface area contributed by atoms with Crippen LogP contribution in [0.1, 0.15) is 51.5 Å². The maximum atomic E-state index is 11.0. The summed E-state index contributed by atoms with van der Waals surface area (Å²) in [5.74, 6) is 1.68. The SMILES string of the molecule is C=C(Oc1ccc(CC(C)CC)cc1)C1CCC(C(=O)O)CC1. The molecule has 3 heteroatoms. The zero-order valence-corrected chi connectivity index (χ0v) is 14.3. The van der Waals surface area contributed by atoms with Crippen molar-refractivity contribution < 1.29 is 14.6 Å². The molecular formula is C20H28O3. The van der Waals surface area contributed by atoms with Crippen LogP contribution in [0.2, 0.25) is 0 Å². The molecule has 0 saturated heterocycles. The smallest absolute Gasteiger partial charge is 0.306 e. The fourth-order valence-electron chi connectivity index (χ4n) is 3.14. The van der Waals surface area contributed by atoms with E-state index in [9.17, 15) is 4.79 Å². The molecule has 1 aromatic carbocycles. The van der Waals surface area contributed by atoms with Crippen LogP contribution in [-0.2, 0) is 11.2 Å². The van der Waals surface area contributed by atoms with Crippen molar-refractivity contribution in [3.8, 4) is 5.75 Å². The summed E-state index contributed by atoms with van der Waals surface area (Å²) in [5.41, 5.74) is 1.33. The van der Waals surface area contributed by atoms with E-state index in [0.29, 0.717) is 5.92 Å². The summed E-state index contributed by atoms with van der Waals surface area (Å²) in [6, 6.07) is 8.25. The molecule has 3 nitrogen and oxygen atoms in total. The third-order valence-electron chi connectivity index (χ3n) is 4.99. The predicted octanol–water partition coefficient (Wildman–Crippen LogP) is 5.06. The molecule has 2 rings (SSSR count). The van der Waals surface area contributed by atoms with Crippen molar-refractivity contribution in [3.63, 3.8) is 0 Å². The van der Waals surface area contributed by atoms with Crippen LogP contribution < -0.4 is 4.74 Å². The van der Waals surface area contributed by atoms with Gasteiger partial charge in [0.15, 0.2) is 0 Å². The van der Waals surface area contributed by atoms with Crippen molar-refractivity contribution in [1.82, 2.24) is 0 Å². The molecular weight excluding hydrogens is 288 g/mol. The van der Waals surface area contributed by atoms with E-state index >= 15 is 0 Å². The Morgan fingerprint density at radius 1 is 1.22 bits per heavy atom. The van der Waals surface area contributed by atoms with Gasteiger partial charge in [0.05, 0.1) is 11.7 Å². The molecule has 1 aromatic rings. The molecule has 0 amide bonds. The summed E-state index contributed by atoms with van der Waals surface area (Å²) < 4.78 is 5.89. The summed E-state index contributed by atoms with van der Waals surface area (Å²) in [6.45, 7) is 8.54. The maximum absolute atomic E-state index is 11.0. The van der Waals surface area contributed by atoms with Crippen LogP contribution in [0.15, 0.2) is 36.6 Å². The van der Waals surface area contributed by atoms with Crippen molar-refractivity contribution in [1.29, 1.82) is 0 Å². The summed E-state index contributed by atoms with van der Waals surface area (Å²) in [4.78, 5) is 11.0. The average Bonchev–Trinajstić information content (AvgIpc) is 2.56. The van der Waals surface area contributed by atoms with Crippen LogP contribution in [-0.4, -0.2) is 11.1 Å². The number of carboxylic acids is 1. The molecule has 1 unspecified atom stereocenters. The van der Waals surface area contributed by atoms with Crippen LogP contribution in [0.25, 0.3) is 0 Å². The number of benzene rings is 1. The van der Waals surface area contributed by atoms with Gasteiger partial charge in [0.1, 0.15) is 5.75 Å². The van der Waals surface area contributed by atoms with Crippen LogP contribution in [0, 0.1) is 17.8 Å².